The average molecular weight is 499 g/mol. The summed E-state index contributed by atoms with van der Waals surface area (Å²) in [5, 5.41) is -5.49. The number of rotatable bonds is 4. The number of alkyl halides is 6. The minimum atomic E-state index is -6.20. The Hall–Kier alpha value is -2.90. The van der Waals surface area contributed by atoms with Gasteiger partial charge in [0.2, 0.25) is 0 Å². The first-order valence-corrected chi connectivity index (χ1v) is 12.2. The van der Waals surface area contributed by atoms with Gasteiger partial charge in [0.25, 0.3) is 0 Å². The SMILES string of the molecule is COP1(c2ccccc2)(c2ccccc2)OC(c2ccc(C)cc2)=NC1(C(F)(F)F)C(F)(F)F. The molecule has 0 saturated carbocycles. The minimum absolute atomic E-state index is 0.0288. The molecule has 0 spiro atoms. The Kier molecular flexibility index (Phi) is 5.57. The van der Waals surface area contributed by atoms with Gasteiger partial charge in [0.15, 0.2) is 0 Å². The Morgan fingerprint density at radius 1 is 0.735 bits per heavy atom. The van der Waals surface area contributed by atoms with Gasteiger partial charge >= 0.3 is 192 Å². The molecule has 0 aliphatic carbocycles. The Morgan fingerprint density at radius 2 is 1.18 bits per heavy atom. The van der Waals surface area contributed by atoms with E-state index in [1.165, 1.54) is 48.5 Å². The van der Waals surface area contributed by atoms with E-state index in [9.17, 15) is 0 Å². The zero-order valence-electron chi connectivity index (χ0n) is 18.1. The number of nitrogens with zero attached hydrogens (tertiary/aromatic N) is 1. The van der Waals surface area contributed by atoms with E-state index in [1.807, 2.05) is 0 Å². The maximum atomic E-state index is 15.0. The Bertz CT molecular complexity index is 1150. The van der Waals surface area contributed by atoms with Crippen LogP contribution in [0.4, 0.5) is 26.3 Å². The first-order valence-electron chi connectivity index (χ1n) is 10.1. The molecule has 10 heteroatoms. The summed E-state index contributed by atoms with van der Waals surface area (Å²) >= 11 is 0. The van der Waals surface area contributed by atoms with E-state index in [0.717, 1.165) is 36.9 Å². The van der Waals surface area contributed by atoms with Gasteiger partial charge < -0.3 is 0 Å². The van der Waals surface area contributed by atoms with Crippen molar-refractivity contribution in [3.8, 4) is 0 Å². The predicted octanol–water partition coefficient (Wildman–Crippen LogP) is 6.27. The van der Waals surface area contributed by atoms with Crippen LogP contribution in [0.5, 0.6) is 0 Å². The Balaban J connectivity index is 2.25. The van der Waals surface area contributed by atoms with E-state index in [-0.39, 0.29) is 16.2 Å². The summed E-state index contributed by atoms with van der Waals surface area (Å²) in [5.41, 5.74) is 0.731. The van der Waals surface area contributed by atoms with Crippen molar-refractivity contribution >= 4 is 23.6 Å². The van der Waals surface area contributed by atoms with Crippen molar-refractivity contribution in [1.29, 1.82) is 0 Å². The number of aliphatic imine (C=N–C) groups is 1. The predicted molar refractivity (Wildman–Crippen MR) is 120 cm³/mol. The second-order valence-electron chi connectivity index (χ2n) is 7.85. The van der Waals surface area contributed by atoms with E-state index in [2.05, 4.69) is 4.99 Å². The number of benzene rings is 3. The average Bonchev–Trinajstić information content (AvgIpc) is 3.16. The van der Waals surface area contributed by atoms with E-state index in [1.54, 1.807) is 19.1 Å². The van der Waals surface area contributed by atoms with Crippen molar-refractivity contribution in [2.24, 2.45) is 4.99 Å². The fourth-order valence-electron chi connectivity index (χ4n) is 4.46. The van der Waals surface area contributed by atoms with Crippen LogP contribution in [-0.2, 0) is 9.05 Å². The summed E-state index contributed by atoms with van der Waals surface area (Å²) < 4.78 is 102. The second-order valence-corrected chi connectivity index (χ2v) is 12.0. The van der Waals surface area contributed by atoms with Gasteiger partial charge in [0.1, 0.15) is 0 Å². The first-order chi connectivity index (χ1) is 15.9. The van der Waals surface area contributed by atoms with E-state index >= 15 is 26.3 Å². The Labute approximate surface area is 192 Å². The van der Waals surface area contributed by atoms with Gasteiger partial charge in [-0.05, 0) is 0 Å². The van der Waals surface area contributed by atoms with Crippen LogP contribution in [0.1, 0.15) is 11.1 Å². The summed E-state index contributed by atoms with van der Waals surface area (Å²) in [7, 11) is -5.39. The van der Waals surface area contributed by atoms with Crippen LogP contribution in [-0.4, -0.2) is 30.6 Å². The van der Waals surface area contributed by atoms with Gasteiger partial charge in [-0.1, -0.05) is 0 Å². The first kappa shape index (κ1) is 24.2. The molecule has 0 N–H and O–H groups in total. The van der Waals surface area contributed by atoms with Gasteiger partial charge in [0.05, 0.1) is 0 Å². The van der Waals surface area contributed by atoms with E-state index in [0.29, 0.717) is 0 Å². The summed E-state index contributed by atoms with van der Waals surface area (Å²) in [6.45, 7) is 1.74. The molecular weight excluding hydrogens is 479 g/mol. The molecule has 3 nitrogen and oxygen atoms in total. The third-order valence-electron chi connectivity index (χ3n) is 6.00. The molecule has 1 heterocycles. The van der Waals surface area contributed by atoms with Gasteiger partial charge in [0, 0.05) is 0 Å². The monoisotopic (exact) mass is 499 g/mol. The third-order valence-corrected chi connectivity index (χ3v) is 11.5. The van der Waals surface area contributed by atoms with Crippen LogP contribution >= 0.6 is 7.06 Å². The molecule has 0 fully saturated rings. The molecule has 0 unspecified atom stereocenters. The van der Waals surface area contributed by atoms with Gasteiger partial charge in [-0.3, -0.25) is 0 Å². The normalized spacial score (nSPS) is 20.0. The molecule has 0 radical (unpaired) electrons. The van der Waals surface area contributed by atoms with Crippen molar-refractivity contribution < 1.29 is 35.4 Å². The number of hydrogen-bond acceptors (Lipinski definition) is 3. The molecule has 180 valence electrons. The van der Waals surface area contributed by atoms with Crippen LogP contribution < -0.4 is 10.6 Å². The molecule has 0 bridgehead atoms. The number of halogens is 6. The molecule has 0 aromatic heterocycles. The zero-order chi connectivity index (χ0) is 24.9. The van der Waals surface area contributed by atoms with E-state index in [4.69, 9.17) is 9.05 Å². The molecule has 0 saturated heterocycles. The topological polar surface area (TPSA) is 30.8 Å². The van der Waals surface area contributed by atoms with Crippen molar-refractivity contribution in [3.63, 3.8) is 0 Å². The maximum absolute atomic E-state index is 15.0. The molecule has 34 heavy (non-hydrogen) atoms. The number of hydrogen-bond donors (Lipinski definition) is 0. The Morgan fingerprint density at radius 3 is 1.56 bits per heavy atom. The van der Waals surface area contributed by atoms with Crippen molar-refractivity contribution in [1.82, 2.24) is 0 Å². The summed E-state index contributed by atoms with van der Waals surface area (Å²) in [4.78, 5) is 3.39. The van der Waals surface area contributed by atoms with Crippen LogP contribution in [0.15, 0.2) is 89.9 Å². The molecule has 1 aliphatic rings. The van der Waals surface area contributed by atoms with E-state index < -0.39 is 30.6 Å². The summed E-state index contributed by atoms with van der Waals surface area (Å²) in [5.74, 6) is -0.790. The molecule has 3 aromatic rings. The molecule has 4 rings (SSSR count). The van der Waals surface area contributed by atoms with Crippen LogP contribution in [0.2, 0.25) is 0 Å². The standard InChI is InChI=1S/C24H20F6NO2P/c1-17-13-15-18(16-14-17)21-31-22(23(25,26)27,24(28,29)30)34(32-2,33-21,19-9-5-3-6-10-19)20-11-7-4-8-12-20/h3-16H,1-2H3. The fraction of sp³-hybridized carbons (Fsp3) is 0.208. The van der Waals surface area contributed by atoms with Crippen molar-refractivity contribution in [2.45, 2.75) is 24.6 Å². The number of aryl methyl sites for hydroxylation is 1. The molecule has 3 aromatic carbocycles. The summed E-state index contributed by atoms with van der Waals surface area (Å²) in [6, 6.07) is 18.8. The zero-order valence-corrected chi connectivity index (χ0v) is 19.0. The van der Waals surface area contributed by atoms with Crippen LogP contribution in [0, 0.1) is 6.92 Å². The fourth-order valence-corrected chi connectivity index (χ4v) is 9.70. The molecular formula is C24H20F6NO2P. The second kappa shape index (κ2) is 7.82. The molecule has 1 aliphatic heterocycles. The van der Waals surface area contributed by atoms with Gasteiger partial charge in [-0.25, -0.2) is 0 Å². The quantitative estimate of drug-likeness (QED) is 0.313. The molecule has 0 atom stereocenters. The van der Waals surface area contributed by atoms with Crippen molar-refractivity contribution in [3.05, 3.63) is 96.1 Å². The van der Waals surface area contributed by atoms with Crippen LogP contribution in [0.3, 0.4) is 0 Å². The van der Waals surface area contributed by atoms with Gasteiger partial charge in [-0.15, -0.1) is 0 Å². The third kappa shape index (κ3) is 2.96. The van der Waals surface area contributed by atoms with Gasteiger partial charge in [-0.2, -0.15) is 0 Å². The summed E-state index contributed by atoms with van der Waals surface area (Å²) in [6.07, 6.45) is -11.9. The van der Waals surface area contributed by atoms with Crippen molar-refractivity contribution in [2.75, 3.05) is 7.11 Å². The van der Waals surface area contributed by atoms with Crippen LogP contribution in [0.25, 0.3) is 0 Å². The molecule has 0 amide bonds.